The molecule has 0 N–H and O–H groups in total. The zero-order chi connectivity index (χ0) is 18.7. The summed E-state index contributed by atoms with van der Waals surface area (Å²) in [5, 5.41) is 0. The number of ether oxygens (including phenoxy) is 2. The second kappa shape index (κ2) is 8.24. The third-order valence-electron chi connectivity index (χ3n) is 3.67. The first-order chi connectivity index (χ1) is 12.5. The zero-order valence-corrected chi connectivity index (χ0v) is 17.4. The Morgan fingerprint density at radius 3 is 2.58 bits per heavy atom. The molecule has 3 rings (SSSR count). The van der Waals surface area contributed by atoms with E-state index in [0.717, 1.165) is 27.2 Å². The Kier molecular flexibility index (Phi) is 6.01. The van der Waals surface area contributed by atoms with Crippen molar-refractivity contribution in [1.29, 1.82) is 0 Å². The van der Waals surface area contributed by atoms with Gasteiger partial charge in [0.15, 0.2) is 4.32 Å². The Balaban J connectivity index is 1.85. The van der Waals surface area contributed by atoms with Crippen molar-refractivity contribution in [3.63, 3.8) is 0 Å². The summed E-state index contributed by atoms with van der Waals surface area (Å²) in [4.78, 5) is 14.9. The smallest absolute Gasteiger partial charge is 0.270 e. The standard InChI is InChI=1S/C19H16BrNO3S2/c1-3-24-14-7-5-13(6-8-14)21-18(22)17(26-19(21)25)11-12-4-9-16(23-2)15(20)10-12/h4-11H,3H2,1-2H3/b17-11+. The molecule has 1 saturated heterocycles. The minimum absolute atomic E-state index is 0.129. The van der Waals surface area contributed by atoms with Gasteiger partial charge in [0.1, 0.15) is 11.5 Å². The van der Waals surface area contributed by atoms with Gasteiger partial charge in [0.25, 0.3) is 5.91 Å². The molecule has 0 atom stereocenters. The Morgan fingerprint density at radius 2 is 1.96 bits per heavy atom. The van der Waals surface area contributed by atoms with E-state index in [9.17, 15) is 4.79 Å². The number of thiocarbonyl (C=S) groups is 1. The number of thioether (sulfide) groups is 1. The predicted molar refractivity (Wildman–Crippen MR) is 114 cm³/mol. The summed E-state index contributed by atoms with van der Waals surface area (Å²) >= 11 is 10.2. The molecule has 0 unspecified atom stereocenters. The number of halogens is 1. The minimum atomic E-state index is -0.129. The topological polar surface area (TPSA) is 38.8 Å². The van der Waals surface area contributed by atoms with Crippen molar-refractivity contribution in [1.82, 2.24) is 0 Å². The van der Waals surface area contributed by atoms with Crippen LogP contribution in [0.1, 0.15) is 12.5 Å². The van der Waals surface area contributed by atoms with Crippen LogP contribution in [0.15, 0.2) is 51.8 Å². The van der Waals surface area contributed by atoms with Gasteiger partial charge in [-0.05, 0) is 70.9 Å². The molecule has 0 aromatic heterocycles. The maximum absolute atomic E-state index is 12.8. The van der Waals surface area contributed by atoms with Gasteiger partial charge in [0.05, 0.1) is 28.8 Å². The van der Waals surface area contributed by atoms with Crippen LogP contribution < -0.4 is 14.4 Å². The molecule has 1 aliphatic heterocycles. The number of anilines is 1. The fourth-order valence-corrected chi connectivity index (χ4v) is 4.33. The van der Waals surface area contributed by atoms with Crippen LogP contribution in [-0.2, 0) is 4.79 Å². The molecule has 0 spiro atoms. The number of amides is 1. The summed E-state index contributed by atoms with van der Waals surface area (Å²) in [6, 6.07) is 13.0. The van der Waals surface area contributed by atoms with Gasteiger partial charge in [-0.3, -0.25) is 9.69 Å². The van der Waals surface area contributed by atoms with Gasteiger partial charge in [-0.15, -0.1) is 0 Å². The lowest BCUT2D eigenvalue weighted by molar-refractivity contribution is -0.113. The van der Waals surface area contributed by atoms with E-state index >= 15 is 0 Å². The molecule has 0 aliphatic carbocycles. The molecule has 0 bridgehead atoms. The van der Waals surface area contributed by atoms with Crippen molar-refractivity contribution in [2.24, 2.45) is 0 Å². The molecule has 1 amide bonds. The van der Waals surface area contributed by atoms with Crippen LogP contribution in [0.3, 0.4) is 0 Å². The Hall–Kier alpha value is -1.83. The average molecular weight is 450 g/mol. The molecule has 7 heteroatoms. The van der Waals surface area contributed by atoms with Gasteiger partial charge in [-0.2, -0.15) is 0 Å². The SMILES string of the molecule is CCOc1ccc(N2C(=O)/C(=C\c3ccc(OC)c(Br)c3)SC2=S)cc1. The second-order valence-electron chi connectivity index (χ2n) is 5.34. The molecular formula is C19H16BrNO3S2. The first kappa shape index (κ1) is 18.9. The lowest BCUT2D eigenvalue weighted by atomic mass is 10.2. The molecule has 1 fully saturated rings. The van der Waals surface area contributed by atoms with Crippen LogP contribution >= 0.6 is 39.9 Å². The fourth-order valence-electron chi connectivity index (χ4n) is 2.47. The molecular weight excluding hydrogens is 434 g/mol. The van der Waals surface area contributed by atoms with E-state index in [0.29, 0.717) is 15.8 Å². The Morgan fingerprint density at radius 1 is 1.23 bits per heavy atom. The Bertz CT molecular complexity index is 881. The van der Waals surface area contributed by atoms with E-state index < -0.39 is 0 Å². The number of benzene rings is 2. The average Bonchev–Trinajstić information content (AvgIpc) is 2.90. The maximum Gasteiger partial charge on any atom is 0.270 e. The highest BCUT2D eigenvalue weighted by Gasteiger charge is 2.33. The first-order valence-electron chi connectivity index (χ1n) is 7.88. The summed E-state index contributed by atoms with van der Waals surface area (Å²) < 4.78 is 12.0. The molecule has 134 valence electrons. The van der Waals surface area contributed by atoms with Gasteiger partial charge in [0, 0.05) is 0 Å². The number of nitrogens with zero attached hydrogens (tertiary/aromatic N) is 1. The second-order valence-corrected chi connectivity index (χ2v) is 7.87. The first-order valence-corrected chi connectivity index (χ1v) is 9.89. The van der Waals surface area contributed by atoms with Crippen molar-refractivity contribution < 1.29 is 14.3 Å². The van der Waals surface area contributed by atoms with Crippen molar-refractivity contribution in [2.75, 3.05) is 18.6 Å². The quantitative estimate of drug-likeness (QED) is 0.459. The van der Waals surface area contributed by atoms with Crippen LogP contribution in [0.25, 0.3) is 6.08 Å². The zero-order valence-electron chi connectivity index (χ0n) is 14.2. The van der Waals surface area contributed by atoms with Crippen LogP contribution in [0.4, 0.5) is 5.69 Å². The maximum atomic E-state index is 12.8. The monoisotopic (exact) mass is 449 g/mol. The van der Waals surface area contributed by atoms with Crippen molar-refractivity contribution >= 4 is 61.9 Å². The lowest BCUT2D eigenvalue weighted by Crippen LogP contribution is -2.27. The van der Waals surface area contributed by atoms with Crippen LogP contribution in [-0.4, -0.2) is 23.9 Å². The summed E-state index contributed by atoms with van der Waals surface area (Å²) in [5.41, 5.74) is 1.63. The summed E-state index contributed by atoms with van der Waals surface area (Å²) in [6.07, 6.45) is 1.83. The van der Waals surface area contributed by atoms with Crippen molar-refractivity contribution in [3.8, 4) is 11.5 Å². The fraction of sp³-hybridized carbons (Fsp3) is 0.158. The van der Waals surface area contributed by atoms with Gasteiger partial charge in [0.2, 0.25) is 0 Å². The van der Waals surface area contributed by atoms with E-state index in [-0.39, 0.29) is 5.91 Å². The minimum Gasteiger partial charge on any atom is -0.496 e. The van der Waals surface area contributed by atoms with Crippen LogP contribution in [0, 0.1) is 0 Å². The molecule has 2 aromatic carbocycles. The highest BCUT2D eigenvalue weighted by Crippen LogP contribution is 2.37. The number of hydrogen-bond acceptors (Lipinski definition) is 5. The van der Waals surface area contributed by atoms with E-state index in [1.54, 1.807) is 12.0 Å². The van der Waals surface area contributed by atoms with Gasteiger partial charge in [-0.25, -0.2) is 0 Å². The van der Waals surface area contributed by atoms with E-state index in [2.05, 4.69) is 15.9 Å². The highest BCUT2D eigenvalue weighted by atomic mass is 79.9. The van der Waals surface area contributed by atoms with E-state index in [1.165, 1.54) is 11.8 Å². The molecule has 4 nitrogen and oxygen atoms in total. The summed E-state index contributed by atoms with van der Waals surface area (Å²) in [5.74, 6) is 1.38. The largest absolute Gasteiger partial charge is 0.496 e. The van der Waals surface area contributed by atoms with Gasteiger partial charge >= 0.3 is 0 Å². The molecule has 0 radical (unpaired) electrons. The molecule has 1 aliphatic rings. The van der Waals surface area contributed by atoms with Crippen molar-refractivity contribution in [3.05, 3.63) is 57.4 Å². The van der Waals surface area contributed by atoms with Gasteiger partial charge in [-0.1, -0.05) is 30.0 Å². The predicted octanol–water partition coefficient (Wildman–Crippen LogP) is 5.26. The van der Waals surface area contributed by atoms with Crippen molar-refractivity contribution in [2.45, 2.75) is 6.92 Å². The van der Waals surface area contributed by atoms with Crippen LogP contribution in [0.5, 0.6) is 11.5 Å². The van der Waals surface area contributed by atoms with E-state index in [4.69, 9.17) is 21.7 Å². The normalized spacial score (nSPS) is 15.7. The number of hydrogen-bond donors (Lipinski definition) is 0. The van der Waals surface area contributed by atoms with E-state index in [1.807, 2.05) is 55.5 Å². The summed E-state index contributed by atoms with van der Waals surface area (Å²) in [7, 11) is 1.61. The number of carbonyl (C=O) groups is 1. The van der Waals surface area contributed by atoms with Gasteiger partial charge < -0.3 is 9.47 Å². The lowest BCUT2D eigenvalue weighted by Gasteiger charge is -2.15. The number of methoxy groups -OCH3 is 1. The third-order valence-corrected chi connectivity index (χ3v) is 5.60. The molecule has 26 heavy (non-hydrogen) atoms. The summed E-state index contributed by atoms with van der Waals surface area (Å²) in [6.45, 7) is 2.53. The number of carbonyl (C=O) groups excluding carboxylic acids is 1. The molecule has 1 heterocycles. The molecule has 0 saturated carbocycles. The highest BCUT2D eigenvalue weighted by molar-refractivity contribution is 9.10. The molecule has 2 aromatic rings. The van der Waals surface area contributed by atoms with Crippen LogP contribution in [0.2, 0.25) is 0 Å². The Labute approximate surface area is 170 Å². The third kappa shape index (κ3) is 3.95. The number of rotatable bonds is 5.